The molecule has 0 amide bonds. The maximum Gasteiger partial charge on any atom is 0.338 e. The third kappa shape index (κ3) is 4.09. The lowest BCUT2D eigenvalue weighted by molar-refractivity contribution is 0.0526. The predicted octanol–water partition coefficient (Wildman–Crippen LogP) is 4.80. The molecule has 1 N–H and O–H groups in total. The van der Waals surface area contributed by atoms with E-state index in [4.69, 9.17) is 4.74 Å². The van der Waals surface area contributed by atoms with Gasteiger partial charge in [-0.15, -0.1) is 12.4 Å². The number of H-pyrrole nitrogens is 1. The highest BCUT2D eigenvalue weighted by molar-refractivity contribution is 5.98. The summed E-state index contributed by atoms with van der Waals surface area (Å²) in [4.78, 5) is 17.8. The molecule has 0 aliphatic heterocycles. The molecule has 2 aromatic carbocycles. The van der Waals surface area contributed by atoms with Crippen LogP contribution >= 0.6 is 12.4 Å². The van der Waals surface area contributed by atoms with Crippen LogP contribution in [0.4, 0.5) is 0 Å². The first-order valence-electron chi connectivity index (χ1n) is 8.53. The predicted molar refractivity (Wildman–Crippen MR) is 109 cm³/mol. The van der Waals surface area contributed by atoms with Crippen LogP contribution in [-0.2, 0) is 11.3 Å². The van der Waals surface area contributed by atoms with Gasteiger partial charge in [0.05, 0.1) is 17.9 Å². The molecular weight excluding hydrogens is 348 g/mol. The van der Waals surface area contributed by atoms with Crippen molar-refractivity contribution in [1.82, 2.24) is 9.88 Å². The Morgan fingerprint density at radius 2 is 1.81 bits per heavy atom. The number of nitrogens with one attached hydrogen (secondary N) is 1. The summed E-state index contributed by atoms with van der Waals surface area (Å²) < 4.78 is 5.14. The third-order valence-corrected chi connectivity index (χ3v) is 4.23. The maximum atomic E-state index is 12.1. The fourth-order valence-corrected chi connectivity index (χ4v) is 3.04. The molecule has 0 bridgehead atoms. The molecule has 5 heteroatoms. The zero-order valence-electron chi connectivity index (χ0n) is 15.6. The normalized spacial score (nSPS) is 10.8. The topological polar surface area (TPSA) is 45.3 Å². The summed E-state index contributed by atoms with van der Waals surface area (Å²) >= 11 is 0. The van der Waals surface area contributed by atoms with Crippen LogP contribution in [0, 0.1) is 6.92 Å². The van der Waals surface area contributed by atoms with Crippen molar-refractivity contribution in [2.75, 3.05) is 20.7 Å². The second-order valence-electron chi connectivity index (χ2n) is 6.56. The molecule has 3 aromatic rings. The van der Waals surface area contributed by atoms with Gasteiger partial charge in [0.1, 0.15) is 0 Å². The van der Waals surface area contributed by atoms with E-state index in [0.29, 0.717) is 12.2 Å². The molecule has 0 saturated heterocycles. The molecule has 0 aliphatic carbocycles. The van der Waals surface area contributed by atoms with Crippen molar-refractivity contribution in [3.05, 3.63) is 59.2 Å². The molecule has 0 fully saturated rings. The van der Waals surface area contributed by atoms with E-state index in [-0.39, 0.29) is 18.4 Å². The number of aromatic amines is 1. The van der Waals surface area contributed by atoms with Crippen molar-refractivity contribution in [2.45, 2.75) is 20.4 Å². The van der Waals surface area contributed by atoms with Gasteiger partial charge >= 0.3 is 5.97 Å². The van der Waals surface area contributed by atoms with Crippen LogP contribution < -0.4 is 0 Å². The van der Waals surface area contributed by atoms with Crippen molar-refractivity contribution >= 4 is 29.3 Å². The molecule has 1 aromatic heterocycles. The van der Waals surface area contributed by atoms with Gasteiger partial charge in [-0.05, 0) is 57.3 Å². The molecule has 0 atom stereocenters. The average Bonchev–Trinajstić information content (AvgIpc) is 2.93. The maximum absolute atomic E-state index is 12.1. The van der Waals surface area contributed by atoms with Crippen LogP contribution in [0.1, 0.15) is 28.4 Å². The molecule has 0 aliphatic rings. The highest BCUT2D eigenvalue weighted by Gasteiger charge is 2.16. The minimum absolute atomic E-state index is 0. The third-order valence-electron chi connectivity index (χ3n) is 4.23. The van der Waals surface area contributed by atoms with E-state index in [1.165, 1.54) is 11.1 Å². The van der Waals surface area contributed by atoms with Crippen molar-refractivity contribution in [1.29, 1.82) is 0 Å². The van der Waals surface area contributed by atoms with Gasteiger partial charge in [0.2, 0.25) is 0 Å². The first-order valence-corrected chi connectivity index (χ1v) is 8.53. The Hall–Kier alpha value is -2.30. The lowest BCUT2D eigenvalue weighted by atomic mass is 10.0. The molecule has 3 rings (SSSR count). The number of benzene rings is 2. The van der Waals surface area contributed by atoms with Crippen molar-refractivity contribution in [3.63, 3.8) is 0 Å². The van der Waals surface area contributed by atoms with Gasteiger partial charge in [-0.3, -0.25) is 0 Å². The van der Waals surface area contributed by atoms with Crippen molar-refractivity contribution < 1.29 is 9.53 Å². The second kappa shape index (κ2) is 8.39. The molecule has 1 heterocycles. The Morgan fingerprint density at radius 1 is 1.12 bits per heavy atom. The number of nitrogens with zero attached hydrogens (tertiary/aromatic N) is 1. The highest BCUT2D eigenvalue weighted by atomic mass is 35.5. The number of carbonyl (C=O) groups excluding carboxylic acids is 1. The van der Waals surface area contributed by atoms with Crippen molar-refractivity contribution in [3.8, 4) is 11.3 Å². The number of aromatic nitrogens is 1. The average molecular weight is 373 g/mol. The van der Waals surface area contributed by atoms with E-state index in [9.17, 15) is 4.79 Å². The van der Waals surface area contributed by atoms with Crippen LogP contribution in [-0.4, -0.2) is 36.6 Å². The number of halogens is 1. The number of aryl methyl sites for hydroxylation is 1. The number of esters is 1. The summed E-state index contributed by atoms with van der Waals surface area (Å²) in [6.45, 7) is 5.07. The quantitative estimate of drug-likeness (QED) is 0.654. The Labute approximate surface area is 160 Å². The first-order chi connectivity index (χ1) is 12.0. The van der Waals surface area contributed by atoms with Crippen LogP contribution in [0.5, 0.6) is 0 Å². The monoisotopic (exact) mass is 372 g/mol. The Balaban J connectivity index is 0.00000243. The summed E-state index contributed by atoms with van der Waals surface area (Å²) in [6.07, 6.45) is 0. The second-order valence-corrected chi connectivity index (χ2v) is 6.56. The van der Waals surface area contributed by atoms with Gasteiger partial charge in [-0.2, -0.15) is 0 Å². The van der Waals surface area contributed by atoms with E-state index in [0.717, 1.165) is 28.7 Å². The number of rotatable bonds is 5. The molecule has 0 radical (unpaired) electrons. The summed E-state index contributed by atoms with van der Waals surface area (Å²) in [7, 11) is 4.10. The fraction of sp³-hybridized carbons (Fsp3) is 0.286. The Bertz CT molecular complexity index is 898. The minimum atomic E-state index is -0.279. The van der Waals surface area contributed by atoms with Crippen LogP contribution in [0.3, 0.4) is 0 Å². The summed E-state index contributed by atoms with van der Waals surface area (Å²) in [5.41, 5.74) is 6.29. The van der Waals surface area contributed by atoms with Gasteiger partial charge in [0, 0.05) is 17.4 Å². The SMILES string of the molecule is CCOC(=O)c1ccc2[nH]c(-c3ccc(C)cc3)c(CN(C)C)c2c1.Cl. The zero-order valence-corrected chi connectivity index (χ0v) is 16.4. The molecular formula is C21H25ClN2O2. The van der Waals surface area contributed by atoms with Gasteiger partial charge in [-0.1, -0.05) is 29.8 Å². The van der Waals surface area contributed by atoms with Gasteiger partial charge in [0.15, 0.2) is 0 Å². The number of hydrogen-bond acceptors (Lipinski definition) is 3. The highest BCUT2D eigenvalue weighted by Crippen LogP contribution is 2.32. The van der Waals surface area contributed by atoms with Gasteiger partial charge < -0.3 is 14.6 Å². The fourth-order valence-electron chi connectivity index (χ4n) is 3.04. The van der Waals surface area contributed by atoms with Gasteiger partial charge in [-0.25, -0.2) is 4.79 Å². The van der Waals surface area contributed by atoms with E-state index >= 15 is 0 Å². The van der Waals surface area contributed by atoms with Gasteiger partial charge in [0.25, 0.3) is 0 Å². The van der Waals surface area contributed by atoms with E-state index in [2.05, 4.69) is 41.1 Å². The van der Waals surface area contributed by atoms with Crippen LogP contribution in [0.15, 0.2) is 42.5 Å². The van der Waals surface area contributed by atoms with E-state index in [1.807, 2.05) is 39.2 Å². The Kier molecular flexibility index (Phi) is 6.46. The zero-order chi connectivity index (χ0) is 18.0. The standard InChI is InChI=1S/C21H24N2O2.ClH/c1-5-25-21(24)16-10-11-19-17(12-16)18(13-23(3)4)20(22-19)15-8-6-14(2)7-9-15;/h6-12,22H,5,13H2,1-4H3;1H. The molecule has 26 heavy (non-hydrogen) atoms. The largest absolute Gasteiger partial charge is 0.462 e. The molecule has 138 valence electrons. The number of hydrogen-bond donors (Lipinski definition) is 1. The Morgan fingerprint density at radius 3 is 2.42 bits per heavy atom. The summed E-state index contributed by atoms with van der Waals surface area (Å²) in [6, 6.07) is 14.2. The van der Waals surface area contributed by atoms with E-state index < -0.39 is 0 Å². The van der Waals surface area contributed by atoms with Crippen LogP contribution in [0.2, 0.25) is 0 Å². The number of ether oxygens (including phenoxy) is 1. The summed E-state index contributed by atoms with van der Waals surface area (Å²) in [5, 5.41) is 1.06. The molecule has 0 unspecified atom stereocenters. The molecule has 0 spiro atoms. The molecule has 0 saturated carbocycles. The molecule has 4 nitrogen and oxygen atoms in total. The lowest BCUT2D eigenvalue weighted by Gasteiger charge is -2.12. The smallest absolute Gasteiger partial charge is 0.338 e. The number of fused-ring (bicyclic) bond motifs is 1. The first kappa shape index (κ1) is 20.0. The summed E-state index contributed by atoms with van der Waals surface area (Å²) in [5.74, 6) is -0.279. The van der Waals surface area contributed by atoms with Crippen LogP contribution in [0.25, 0.3) is 22.2 Å². The lowest BCUT2D eigenvalue weighted by Crippen LogP contribution is -2.11. The minimum Gasteiger partial charge on any atom is -0.462 e. The van der Waals surface area contributed by atoms with E-state index in [1.54, 1.807) is 0 Å². The van der Waals surface area contributed by atoms with Crippen molar-refractivity contribution in [2.24, 2.45) is 0 Å². The number of carbonyl (C=O) groups is 1.